The standard InChI is InChI=1S/C24H22ClNO3/c1-17-5-3-7-21(15-17)26-23(27)14-11-19-6-4-8-22(28-2)24(19)29-16-18-9-12-20(25)13-10-18/h3-15H,16H2,1-2H3,(H,26,27)/b14-11+. The summed E-state index contributed by atoms with van der Waals surface area (Å²) in [4.78, 5) is 12.3. The number of carbonyl (C=O) groups excluding carboxylic acids is 1. The van der Waals surface area contributed by atoms with Crippen LogP contribution < -0.4 is 14.8 Å². The minimum absolute atomic E-state index is 0.220. The maximum atomic E-state index is 12.3. The van der Waals surface area contributed by atoms with Crippen molar-refractivity contribution in [3.05, 3.63) is 94.5 Å². The highest BCUT2D eigenvalue weighted by Gasteiger charge is 2.10. The first-order valence-corrected chi connectivity index (χ1v) is 9.53. The van der Waals surface area contributed by atoms with Gasteiger partial charge < -0.3 is 14.8 Å². The Morgan fingerprint density at radius 3 is 2.55 bits per heavy atom. The van der Waals surface area contributed by atoms with Crippen LogP contribution >= 0.6 is 11.6 Å². The van der Waals surface area contributed by atoms with E-state index in [1.54, 1.807) is 13.2 Å². The molecule has 0 radical (unpaired) electrons. The second kappa shape index (κ2) is 9.80. The van der Waals surface area contributed by atoms with Crippen molar-refractivity contribution in [3.8, 4) is 11.5 Å². The maximum absolute atomic E-state index is 12.3. The van der Waals surface area contributed by atoms with Gasteiger partial charge in [-0.3, -0.25) is 4.79 Å². The van der Waals surface area contributed by atoms with Crippen molar-refractivity contribution in [1.82, 2.24) is 0 Å². The van der Waals surface area contributed by atoms with Gasteiger partial charge in [-0.05, 0) is 54.5 Å². The van der Waals surface area contributed by atoms with Crippen LogP contribution in [0.2, 0.25) is 5.02 Å². The lowest BCUT2D eigenvalue weighted by Gasteiger charge is -2.13. The normalized spacial score (nSPS) is 10.7. The molecular formula is C24H22ClNO3. The Bertz CT molecular complexity index is 1010. The molecule has 0 atom stereocenters. The lowest BCUT2D eigenvalue weighted by atomic mass is 10.1. The van der Waals surface area contributed by atoms with E-state index in [-0.39, 0.29) is 5.91 Å². The van der Waals surface area contributed by atoms with Crippen LogP contribution in [0.5, 0.6) is 11.5 Å². The van der Waals surface area contributed by atoms with E-state index in [0.29, 0.717) is 23.1 Å². The van der Waals surface area contributed by atoms with Crippen molar-refractivity contribution in [3.63, 3.8) is 0 Å². The van der Waals surface area contributed by atoms with Crippen LogP contribution in [0.4, 0.5) is 5.69 Å². The van der Waals surface area contributed by atoms with E-state index in [1.165, 1.54) is 6.08 Å². The summed E-state index contributed by atoms with van der Waals surface area (Å²) in [6.45, 7) is 2.33. The third kappa shape index (κ3) is 5.87. The summed E-state index contributed by atoms with van der Waals surface area (Å²) in [5.41, 5.74) is 3.56. The van der Waals surface area contributed by atoms with Crippen molar-refractivity contribution in [1.29, 1.82) is 0 Å². The van der Waals surface area contributed by atoms with Gasteiger partial charge in [-0.25, -0.2) is 0 Å². The predicted molar refractivity (Wildman–Crippen MR) is 118 cm³/mol. The fourth-order valence-electron chi connectivity index (χ4n) is 2.79. The molecule has 0 saturated heterocycles. The second-order valence-corrected chi connectivity index (χ2v) is 6.92. The minimum atomic E-state index is -0.220. The summed E-state index contributed by atoms with van der Waals surface area (Å²) in [6, 6.07) is 20.6. The van der Waals surface area contributed by atoms with Crippen LogP contribution in [0, 0.1) is 6.92 Å². The Kier molecular flexibility index (Phi) is 6.93. The Morgan fingerprint density at radius 1 is 1.07 bits per heavy atom. The van der Waals surface area contributed by atoms with Gasteiger partial charge in [0.05, 0.1) is 7.11 Å². The second-order valence-electron chi connectivity index (χ2n) is 6.49. The van der Waals surface area contributed by atoms with Gasteiger partial charge in [0.15, 0.2) is 11.5 Å². The molecule has 4 nitrogen and oxygen atoms in total. The third-order valence-electron chi connectivity index (χ3n) is 4.23. The number of hydrogen-bond acceptors (Lipinski definition) is 3. The van der Waals surface area contributed by atoms with E-state index in [4.69, 9.17) is 21.1 Å². The molecule has 0 aliphatic rings. The summed E-state index contributed by atoms with van der Waals surface area (Å²) in [6.07, 6.45) is 3.19. The topological polar surface area (TPSA) is 47.6 Å². The molecule has 0 aromatic heterocycles. The average molecular weight is 408 g/mol. The number of halogens is 1. The molecule has 29 heavy (non-hydrogen) atoms. The van der Waals surface area contributed by atoms with Crippen molar-refractivity contribution in [2.75, 3.05) is 12.4 Å². The van der Waals surface area contributed by atoms with Crippen molar-refractivity contribution < 1.29 is 14.3 Å². The molecule has 0 saturated carbocycles. The van der Waals surface area contributed by atoms with Gasteiger partial charge in [0.25, 0.3) is 0 Å². The number of ether oxygens (including phenoxy) is 2. The first-order valence-electron chi connectivity index (χ1n) is 9.15. The number of nitrogens with one attached hydrogen (secondary N) is 1. The Balaban J connectivity index is 1.74. The zero-order valence-electron chi connectivity index (χ0n) is 16.3. The molecule has 0 aliphatic heterocycles. The number of anilines is 1. The summed E-state index contributed by atoms with van der Waals surface area (Å²) < 4.78 is 11.4. The zero-order valence-corrected chi connectivity index (χ0v) is 17.1. The molecule has 5 heteroatoms. The summed E-state index contributed by atoms with van der Waals surface area (Å²) >= 11 is 5.93. The van der Waals surface area contributed by atoms with Gasteiger partial charge in [0, 0.05) is 22.3 Å². The van der Waals surface area contributed by atoms with Crippen LogP contribution in [0.3, 0.4) is 0 Å². The van der Waals surface area contributed by atoms with Crippen LogP contribution in [-0.2, 0) is 11.4 Å². The molecule has 0 fully saturated rings. The van der Waals surface area contributed by atoms with E-state index in [2.05, 4.69) is 5.32 Å². The van der Waals surface area contributed by atoms with Crippen molar-refractivity contribution >= 4 is 29.3 Å². The number of carbonyl (C=O) groups is 1. The number of rotatable bonds is 7. The first kappa shape index (κ1) is 20.5. The molecule has 3 rings (SSSR count). The Morgan fingerprint density at radius 2 is 1.83 bits per heavy atom. The van der Waals surface area contributed by atoms with Gasteiger partial charge in [0.1, 0.15) is 6.61 Å². The molecule has 1 N–H and O–H groups in total. The minimum Gasteiger partial charge on any atom is -0.493 e. The van der Waals surface area contributed by atoms with E-state index in [9.17, 15) is 4.79 Å². The molecule has 148 valence electrons. The van der Waals surface area contributed by atoms with E-state index >= 15 is 0 Å². The van der Waals surface area contributed by atoms with Crippen LogP contribution in [-0.4, -0.2) is 13.0 Å². The maximum Gasteiger partial charge on any atom is 0.248 e. The number of methoxy groups -OCH3 is 1. The number of benzene rings is 3. The van der Waals surface area contributed by atoms with Gasteiger partial charge in [-0.2, -0.15) is 0 Å². The first-order chi connectivity index (χ1) is 14.0. The van der Waals surface area contributed by atoms with Crippen LogP contribution in [0.1, 0.15) is 16.7 Å². The fraction of sp³-hybridized carbons (Fsp3) is 0.125. The van der Waals surface area contributed by atoms with Crippen molar-refractivity contribution in [2.45, 2.75) is 13.5 Å². The van der Waals surface area contributed by atoms with Crippen LogP contribution in [0.15, 0.2) is 72.8 Å². The van der Waals surface area contributed by atoms with Gasteiger partial charge in [-0.1, -0.05) is 48.0 Å². The largest absolute Gasteiger partial charge is 0.493 e. The zero-order chi connectivity index (χ0) is 20.6. The molecule has 0 heterocycles. The summed E-state index contributed by atoms with van der Waals surface area (Å²) in [5.74, 6) is 0.951. The number of amides is 1. The summed E-state index contributed by atoms with van der Waals surface area (Å²) in [7, 11) is 1.59. The predicted octanol–water partition coefficient (Wildman–Crippen LogP) is 5.89. The average Bonchev–Trinajstić information content (AvgIpc) is 2.72. The smallest absolute Gasteiger partial charge is 0.248 e. The Labute approximate surface area is 175 Å². The van der Waals surface area contributed by atoms with Gasteiger partial charge in [0.2, 0.25) is 5.91 Å². The number of aryl methyl sites for hydroxylation is 1. The van der Waals surface area contributed by atoms with E-state index in [1.807, 2.05) is 73.7 Å². The molecule has 3 aromatic rings. The highest BCUT2D eigenvalue weighted by Crippen LogP contribution is 2.32. The highest BCUT2D eigenvalue weighted by atomic mass is 35.5. The molecule has 1 amide bonds. The van der Waals surface area contributed by atoms with E-state index in [0.717, 1.165) is 22.4 Å². The van der Waals surface area contributed by atoms with Gasteiger partial charge in [-0.15, -0.1) is 0 Å². The third-order valence-corrected chi connectivity index (χ3v) is 4.48. The molecule has 0 aliphatic carbocycles. The van der Waals surface area contributed by atoms with Crippen LogP contribution in [0.25, 0.3) is 6.08 Å². The van der Waals surface area contributed by atoms with Gasteiger partial charge >= 0.3 is 0 Å². The van der Waals surface area contributed by atoms with E-state index < -0.39 is 0 Å². The highest BCUT2D eigenvalue weighted by molar-refractivity contribution is 6.30. The Hall–Kier alpha value is -3.24. The lowest BCUT2D eigenvalue weighted by molar-refractivity contribution is -0.111. The monoisotopic (exact) mass is 407 g/mol. The molecular weight excluding hydrogens is 386 g/mol. The molecule has 0 spiro atoms. The fourth-order valence-corrected chi connectivity index (χ4v) is 2.91. The summed E-state index contributed by atoms with van der Waals surface area (Å²) in [5, 5.41) is 3.53. The quantitative estimate of drug-likeness (QED) is 0.497. The van der Waals surface area contributed by atoms with Crippen molar-refractivity contribution in [2.24, 2.45) is 0 Å². The molecule has 3 aromatic carbocycles. The molecule has 0 unspecified atom stereocenters. The number of hydrogen-bond donors (Lipinski definition) is 1. The SMILES string of the molecule is COc1cccc(/C=C/C(=O)Nc2cccc(C)c2)c1OCc1ccc(Cl)cc1. The molecule has 0 bridgehead atoms. The lowest BCUT2D eigenvalue weighted by Crippen LogP contribution is -2.07. The number of para-hydroxylation sites is 1.